The van der Waals surface area contributed by atoms with E-state index in [0.717, 1.165) is 29.7 Å². The fourth-order valence-corrected chi connectivity index (χ4v) is 4.26. The number of pyridine rings is 1. The molecule has 1 N–H and O–H groups in total. The third-order valence-corrected chi connectivity index (χ3v) is 5.99. The highest BCUT2D eigenvalue weighted by molar-refractivity contribution is 5.84. The van der Waals surface area contributed by atoms with Crippen LogP contribution in [0.25, 0.3) is 10.8 Å². The highest BCUT2D eigenvalue weighted by atomic mass is 16.2. The standard InChI is InChI=1S/C24H29N5O2/c1-18-7-4-5-13-28(18)14-12-26-23(30)17-29-24(31)21-10-3-2-9-20(21)22(27-29)15-19-8-6-11-25-16-19/h2-3,6,8-11,16,18H,4-5,7,12-15,17H2,1H3,(H,26,30). The second kappa shape index (κ2) is 9.83. The van der Waals surface area contributed by atoms with Crippen molar-refractivity contribution in [3.05, 3.63) is 70.4 Å². The van der Waals surface area contributed by atoms with Gasteiger partial charge in [0.1, 0.15) is 6.54 Å². The maximum atomic E-state index is 12.9. The van der Waals surface area contributed by atoms with Crippen molar-refractivity contribution in [2.24, 2.45) is 0 Å². The smallest absolute Gasteiger partial charge is 0.275 e. The molecule has 1 saturated heterocycles. The Bertz CT molecular complexity index is 1100. The number of nitrogens with one attached hydrogen (secondary N) is 1. The van der Waals surface area contributed by atoms with E-state index in [1.54, 1.807) is 18.5 Å². The molecule has 0 spiro atoms. The predicted octanol–water partition coefficient (Wildman–Crippen LogP) is 2.37. The van der Waals surface area contributed by atoms with E-state index in [-0.39, 0.29) is 18.0 Å². The summed E-state index contributed by atoms with van der Waals surface area (Å²) >= 11 is 0. The van der Waals surface area contributed by atoms with Crippen molar-refractivity contribution in [2.45, 2.75) is 45.2 Å². The van der Waals surface area contributed by atoms with Crippen LogP contribution in [0.3, 0.4) is 0 Å². The van der Waals surface area contributed by atoms with E-state index in [1.807, 2.05) is 30.3 Å². The van der Waals surface area contributed by atoms with Crippen LogP contribution in [0, 0.1) is 0 Å². The molecule has 1 aromatic carbocycles. The van der Waals surface area contributed by atoms with E-state index >= 15 is 0 Å². The lowest BCUT2D eigenvalue weighted by Crippen LogP contribution is -2.43. The van der Waals surface area contributed by atoms with Crippen LogP contribution in [-0.2, 0) is 17.8 Å². The van der Waals surface area contributed by atoms with Gasteiger partial charge in [-0.2, -0.15) is 5.10 Å². The number of rotatable bonds is 7. The molecule has 0 aliphatic carbocycles. The molecule has 7 nitrogen and oxygen atoms in total. The summed E-state index contributed by atoms with van der Waals surface area (Å²) in [5.41, 5.74) is 1.52. The maximum Gasteiger partial charge on any atom is 0.275 e. The minimum Gasteiger partial charge on any atom is -0.353 e. The van der Waals surface area contributed by atoms with E-state index in [9.17, 15) is 9.59 Å². The molecule has 0 bridgehead atoms. The quantitative estimate of drug-likeness (QED) is 0.636. The van der Waals surface area contributed by atoms with E-state index in [0.29, 0.717) is 24.4 Å². The predicted molar refractivity (Wildman–Crippen MR) is 121 cm³/mol. The van der Waals surface area contributed by atoms with Gasteiger partial charge in [0.15, 0.2) is 0 Å². The first-order valence-corrected chi connectivity index (χ1v) is 11.0. The van der Waals surface area contributed by atoms with Crippen molar-refractivity contribution in [1.82, 2.24) is 25.0 Å². The molecule has 7 heteroatoms. The number of piperidine rings is 1. The number of hydrogen-bond donors (Lipinski definition) is 1. The Hall–Kier alpha value is -3.06. The lowest BCUT2D eigenvalue weighted by atomic mass is 10.0. The summed E-state index contributed by atoms with van der Waals surface area (Å²) in [6.07, 6.45) is 7.77. The molecule has 2 aromatic heterocycles. The zero-order chi connectivity index (χ0) is 21.6. The summed E-state index contributed by atoms with van der Waals surface area (Å²) in [6, 6.07) is 11.8. The van der Waals surface area contributed by atoms with Crippen LogP contribution in [0.15, 0.2) is 53.6 Å². The third-order valence-electron chi connectivity index (χ3n) is 5.99. The zero-order valence-electron chi connectivity index (χ0n) is 18.0. The normalized spacial score (nSPS) is 17.0. The number of aromatic nitrogens is 3. The molecule has 1 aliphatic rings. The van der Waals surface area contributed by atoms with E-state index in [2.05, 4.69) is 27.2 Å². The van der Waals surface area contributed by atoms with Crippen molar-refractivity contribution in [2.75, 3.05) is 19.6 Å². The van der Waals surface area contributed by atoms with Gasteiger partial charge in [-0.3, -0.25) is 19.5 Å². The van der Waals surface area contributed by atoms with Crippen LogP contribution in [-0.4, -0.2) is 51.2 Å². The summed E-state index contributed by atoms with van der Waals surface area (Å²) in [5, 5.41) is 8.89. The van der Waals surface area contributed by atoms with Gasteiger partial charge >= 0.3 is 0 Å². The number of carbonyl (C=O) groups is 1. The van der Waals surface area contributed by atoms with Gasteiger partial charge < -0.3 is 5.32 Å². The lowest BCUT2D eigenvalue weighted by molar-refractivity contribution is -0.122. The molecule has 1 atom stereocenters. The zero-order valence-corrected chi connectivity index (χ0v) is 18.0. The van der Waals surface area contributed by atoms with Crippen LogP contribution in [0.5, 0.6) is 0 Å². The van der Waals surface area contributed by atoms with Crippen LogP contribution < -0.4 is 10.9 Å². The van der Waals surface area contributed by atoms with Gasteiger partial charge in [0.2, 0.25) is 5.91 Å². The van der Waals surface area contributed by atoms with Crippen LogP contribution >= 0.6 is 0 Å². The second-order valence-corrected chi connectivity index (χ2v) is 8.22. The van der Waals surface area contributed by atoms with E-state index in [1.165, 1.54) is 23.9 Å². The molecule has 0 saturated carbocycles. The molecule has 1 fully saturated rings. The van der Waals surface area contributed by atoms with Crippen LogP contribution in [0.4, 0.5) is 0 Å². The number of carbonyl (C=O) groups excluding carboxylic acids is 1. The Labute approximate surface area is 182 Å². The Balaban J connectivity index is 1.48. The van der Waals surface area contributed by atoms with Crippen molar-refractivity contribution in [3.8, 4) is 0 Å². The molecule has 4 rings (SSSR count). The maximum absolute atomic E-state index is 12.9. The number of hydrogen-bond acceptors (Lipinski definition) is 5. The summed E-state index contributed by atoms with van der Waals surface area (Å²) in [5.74, 6) is -0.193. The number of likely N-dealkylation sites (tertiary alicyclic amines) is 1. The van der Waals surface area contributed by atoms with Crippen LogP contribution in [0.1, 0.15) is 37.4 Å². The Morgan fingerprint density at radius 2 is 2.00 bits per heavy atom. The highest BCUT2D eigenvalue weighted by Crippen LogP contribution is 2.17. The van der Waals surface area contributed by atoms with Gasteiger partial charge in [-0.1, -0.05) is 30.7 Å². The van der Waals surface area contributed by atoms with Crippen molar-refractivity contribution < 1.29 is 4.79 Å². The molecule has 3 heterocycles. The Kier molecular flexibility index (Phi) is 6.72. The highest BCUT2D eigenvalue weighted by Gasteiger charge is 2.18. The lowest BCUT2D eigenvalue weighted by Gasteiger charge is -2.33. The second-order valence-electron chi connectivity index (χ2n) is 8.22. The first-order chi connectivity index (χ1) is 15.1. The third kappa shape index (κ3) is 5.17. The summed E-state index contributed by atoms with van der Waals surface area (Å²) in [7, 11) is 0. The fraction of sp³-hybridized carbons (Fsp3) is 0.417. The first-order valence-electron chi connectivity index (χ1n) is 11.0. The van der Waals surface area contributed by atoms with Gasteiger partial charge in [0.25, 0.3) is 5.56 Å². The van der Waals surface area contributed by atoms with Gasteiger partial charge in [0.05, 0.1) is 11.1 Å². The van der Waals surface area contributed by atoms with Gasteiger partial charge in [-0.05, 0) is 44.0 Å². The molecular formula is C24H29N5O2. The minimum atomic E-state index is -0.245. The molecule has 1 aliphatic heterocycles. The van der Waals surface area contributed by atoms with Gasteiger partial charge in [-0.25, -0.2) is 4.68 Å². The molecule has 1 unspecified atom stereocenters. The Morgan fingerprint density at radius 3 is 2.77 bits per heavy atom. The Morgan fingerprint density at radius 1 is 1.16 bits per heavy atom. The van der Waals surface area contributed by atoms with E-state index in [4.69, 9.17) is 0 Å². The molecule has 0 radical (unpaired) electrons. The monoisotopic (exact) mass is 419 g/mol. The van der Waals surface area contributed by atoms with Crippen molar-refractivity contribution >= 4 is 16.7 Å². The SMILES string of the molecule is CC1CCCCN1CCNC(=O)Cn1nc(Cc2cccnc2)c2ccccc2c1=O. The average Bonchev–Trinajstić information content (AvgIpc) is 2.79. The number of fused-ring (bicyclic) bond motifs is 1. The minimum absolute atomic E-state index is 0.0841. The topological polar surface area (TPSA) is 80.1 Å². The molecule has 31 heavy (non-hydrogen) atoms. The molecule has 3 aromatic rings. The largest absolute Gasteiger partial charge is 0.353 e. The molecular weight excluding hydrogens is 390 g/mol. The number of amides is 1. The first kappa shape index (κ1) is 21.2. The summed E-state index contributed by atoms with van der Waals surface area (Å²) in [4.78, 5) is 32.1. The molecule has 162 valence electrons. The molecule has 1 amide bonds. The number of benzene rings is 1. The van der Waals surface area contributed by atoms with Gasteiger partial charge in [-0.15, -0.1) is 0 Å². The van der Waals surface area contributed by atoms with Crippen LogP contribution in [0.2, 0.25) is 0 Å². The summed E-state index contributed by atoms with van der Waals surface area (Å²) in [6.45, 7) is 4.65. The van der Waals surface area contributed by atoms with Crippen molar-refractivity contribution in [1.29, 1.82) is 0 Å². The van der Waals surface area contributed by atoms with Crippen molar-refractivity contribution in [3.63, 3.8) is 0 Å². The van der Waals surface area contributed by atoms with Gasteiger partial charge in [0, 0.05) is 43.3 Å². The average molecular weight is 420 g/mol. The van der Waals surface area contributed by atoms with E-state index < -0.39 is 0 Å². The fourth-order valence-electron chi connectivity index (χ4n) is 4.26. The number of nitrogens with zero attached hydrogens (tertiary/aromatic N) is 4. The summed E-state index contributed by atoms with van der Waals surface area (Å²) < 4.78 is 1.28.